The molecular formula is C35H40O9. The quantitative estimate of drug-likeness (QED) is 0.236. The third-order valence-electron chi connectivity index (χ3n) is 9.64. The molecular weight excluding hydrogens is 564 g/mol. The highest BCUT2D eigenvalue weighted by Gasteiger charge is 2.82. The smallest absolute Gasteiger partial charge is 0.338 e. The average Bonchev–Trinajstić information content (AvgIpc) is 3.18. The second-order valence-electron chi connectivity index (χ2n) is 12.8. The van der Waals surface area contributed by atoms with Crippen LogP contribution in [0.4, 0.5) is 0 Å². The van der Waals surface area contributed by atoms with Gasteiger partial charge in [0.05, 0.1) is 22.5 Å². The van der Waals surface area contributed by atoms with Crippen LogP contribution < -0.4 is 0 Å². The molecule has 234 valence electrons. The maximum absolute atomic E-state index is 13.7. The fourth-order valence-corrected chi connectivity index (χ4v) is 7.90. The van der Waals surface area contributed by atoms with E-state index in [1.54, 1.807) is 36.4 Å². The first-order valence-electron chi connectivity index (χ1n) is 15.1. The molecule has 0 radical (unpaired) electrons. The number of esters is 4. The molecule has 4 unspecified atom stereocenters. The van der Waals surface area contributed by atoms with E-state index < -0.39 is 70.8 Å². The van der Waals surface area contributed by atoms with Crippen LogP contribution in [0, 0.1) is 17.3 Å². The lowest BCUT2D eigenvalue weighted by Crippen LogP contribution is -2.76. The molecule has 2 aromatic carbocycles. The summed E-state index contributed by atoms with van der Waals surface area (Å²) in [5.41, 5.74) is -2.43. The first kappa shape index (κ1) is 31.4. The minimum absolute atomic E-state index is 0.208. The Balaban J connectivity index is 1.68. The zero-order valence-electron chi connectivity index (χ0n) is 26.0. The van der Waals surface area contributed by atoms with Gasteiger partial charge in [0.1, 0.15) is 23.9 Å². The van der Waals surface area contributed by atoms with E-state index in [0.717, 1.165) is 5.56 Å². The number of hydrogen-bond donors (Lipinski definition) is 0. The van der Waals surface area contributed by atoms with Crippen LogP contribution in [0.1, 0.15) is 70.3 Å². The molecule has 0 N–H and O–H groups in total. The monoisotopic (exact) mass is 604 g/mol. The second kappa shape index (κ2) is 11.8. The fourth-order valence-electron chi connectivity index (χ4n) is 7.90. The highest BCUT2D eigenvalue weighted by atomic mass is 16.6. The molecule has 1 spiro atoms. The molecule has 2 aromatic rings. The van der Waals surface area contributed by atoms with Crippen LogP contribution >= 0.6 is 0 Å². The minimum Gasteiger partial charge on any atom is -0.462 e. The van der Waals surface area contributed by atoms with Crippen molar-refractivity contribution in [2.75, 3.05) is 0 Å². The van der Waals surface area contributed by atoms with Gasteiger partial charge in [-0.2, -0.15) is 0 Å². The van der Waals surface area contributed by atoms with Gasteiger partial charge in [0.2, 0.25) is 0 Å². The van der Waals surface area contributed by atoms with Crippen molar-refractivity contribution in [1.82, 2.24) is 0 Å². The van der Waals surface area contributed by atoms with E-state index in [1.807, 2.05) is 58.0 Å². The van der Waals surface area contributed by atoms with Gasteiger partial charge in [0.25, 0.3) is 0 Å². The van der Waals surface area contributed by atoms with Gasteiger partial charge in [-0.1, -0.05) is 55.5 Å². The lowest BCUT2D eigenvalue weighted by Gasteiger charge is -2.62. The molecule has 2 aliphatic carbocycles. The zero-order chi connectivity index (χ0) is 31.9. The summed E-state index contributed by atoms with van der Waals surface area (Å²) in [5.74, 6) is -3.28. The SMILES string of the molecule is CC(=O)OC1CC[C@H](C)[C@]23OC(C)(C)[C@H](C(OC(=O)/C=C/c4ccccc4)C(OC(=O)c4ccccc4)[C@]12C)C3OC(C)=O. The van der Waals surface area contributed by atoms with E-state index in [-0.39, 0.29) is 5.92 Å². The van der Waals surface area contributed by atoms with Crippen molar-refractivity contribution in [2.45, 2.75) is 90.0 Å². The molecule has 2 bridgehead atoms. The van der Waals surface area contributed by atoms with Gasteiger partial charge in [-0.3, -0.25) is 9.59 Å². The number of hydrogen-bond acceptors (Lipinski definition) is 9. The lowest BCUT2D eigenvalue weighted by atomic mass is 9.48. The number of rotatable bonds is 7. The summed E-state index contributed by atoms with van der Waals surface area (Å²) in [7, 11) is 0. The van der Waals surface area contributed by atoms with Crippen LogP contribution in [0.15, 0.2) is 66.7 Å². The van der Waals surface area contributed by atoms with Gasteiger partial charge in [-0.05, 0) is 63.3 Å². The molecule has 3 aliphatic rings. The predicted octanol–water partition coefficient (Wildman–Crippen LogP) is 5.31. The predicted molar refractivity (Wildman–Crippen MR) is 160 cm³/mol. The van der Waals surface area contributed by atoms with E-state index >= 15 is 0 Å². The van der Waals surface area contributed by atoms with Crippen LogP contribution in [0.5, 0.6) is 0 Å². The second-order valence-corrected chi connectivity index (χ2v) is 12.8. The summed E-state index contributed by atoms with van der Waals surface area (Å²) < 4.78 is 31.6. The number of carbonyl (C=O) groups is 4. The molecule has 0 amide bonds. The third kappa shape index (κ3) is 5.31. The van der Waals surface area contributed by atoms with E-state index in [4.69, 9.17) is 23.7 Å². The third-order valence-corrected chi connectivity index (χ3v) is 9.64. The average molecular weight is 605 g/mol. The summed E-state index contributed by atoms with van der Waals surface area (Å²) in [6.45, 7) is 10.2. The fraction of sp³-hybridized carbons (Fsp3) is 0.486. The number of ether oxygens (including phenoxy) is 5. The normalized spacial score (nSPS) is 33.6. The minimum atomic E-state index is -1.29. The van der Waals surface area contributed by atoms with E-state index in [0.29, 0.717) is 18.4 Å². The molecule has 1 aliphatic heterocycles. The molecule has 3 fully saturated rings. The maximum Gasteiger partial charge on any atom is 0.338 e. The Morgan fingerprint density at radius 1 is 0.795 bits per heavy atom. The van der Waals surface area contributed by atoms with Crippen LogP contribution in [0.25, 0.3) is 6.08 Å². The molecule has 9 nitrogen and oxygen atoms in total. The molecule has 1 saturated heterocycles. The van der Waals surface area contributed by atoms with Crippen molar-refractivity contribution < 1.29 is 42.9 Å². The molecule has 9 heteroatoms. The topological polar surface area (TPSA) is 114 Å². The molecule has 2 saturated carbocycles. The van der Waals surface area contributed by atoms with Gasteiger partial charge < -0.3 is 23.7 Å². The Morgan fingerprint density at radius 2 is 1.41 bits per heavy atom. The van der Waals surface area contributed by atoms with E-state index in [9.17, 15) is 19.2 Å². The maximum atomic E-state index is 13.7. The van der Waals surface area contributed by atoms with Crippen LogP contribution in [0.2, 0.25) is 0 Å². The Morgan fingerprint density at radius 3 is 2.02 bits per heavy atom. The van der Waals surface area contributed by atoms with Gasteiger partial charge in [-0.15, -0.1) is 0 Å². The highest BCUT2D eigenvalue weighted by Crippen LogP contribution is 2.68. The van der Waals surface area contributed by atoms with Gasteiger partial charge in [0, 0.05) is 19.9 Å². The number of benzene rings is 2. The molecule has 5 rings (SSSR count). The summed E-state index contributed by atoms with van der Waals surface area (Å²) in [6.07, 6.45) is 0.0217. The van der Waals surface area contributed by atoms with Crippen LogP contribution in [-0.4, -0.2) is 59.5 Å². The summed E-state index contributed by atoms with van der Waals surface area (Å²) in [5, 5.41) is 0. The molecule has 8 atom stereocenters. The number of carbonyl (C=O) groups excluding carboxylic acids is 4. The summed E-state index contributed by atoms with van der Waals surface area (Å²) >= 11 is 0. The standard InChI is InChI=1S/C35H40O9/c1-21-17-19-26(40-22(2)36)34(6)31(43-32(39)25-15-11-8-12-16-25)29(42-27(38)20-18-24-13-9-7-10-14-24)28-30(41-23(3)37)35(21,34)44-33(28,4)5/h7-16,18,20-21,26,28-31H,17,19H2,1-6H3/b20-18+/t21-,26?,28+,29?,30?,31?,34-,35+/m0/s1. The Kier molecular flexibility index (Phi) is 8.46. The van der Waals surface area contributed by atoms with Gasteiger partial charge in [0.15, 0.2) is 6.10 Å². The first-order valence-corrected chi connectivity index (χ1v) is 15.1. The molecule has 0 aromatic heterocycles. The Labute approximate surface area is 257 Å². The van der Waals surface area contributed by atoms with Crippen molar-refractivity contribution in [3.63, 3.8) is 0 Å². The van der Waals surface area contributed by atoms with Gasteiger partial charge >= 0.3 is 23.9 Å². The molecule has 1 heterocycles. The van der Waals surface area contributed by atoms with Crippen LogP contribution in [-0.2, 0) is 38.1 Å². The number of fused-ring (bicyclic) bond motifs is 1. The van der Waals surface area contributed by atoms with Crippen molar-refractivity contribution in [3.8, 4) is 0 Å². The first-order chi connectivity index (χ1) is 20.8. The van der Waals surface area contributed by atoms with Crippen molar-refractivity contribution >= 4 is 30.0 Å². The summed E-state index contributed by atoms with van der Waals surface area (Å²) in [4.78, 5) is 52.4. The van der Waals surface area contributed by atoms with Gasteiger partial charge in [-0.25, -0.2) is 9.59 Å². The van der Waals surface area contributed by atoms with Crippen molar-refractivity contribution in [1.29, 1.82) is 0 Å². The largest absolute Gasteiger partial charge is 0.462 e. The van der Waals surface area contributed by atoms with E-state index in [1.165, 1.54) is 19.9 Å². The Hall–Kier alpha value is -3.98. The molecule has 44 heavy (non-hydrogen) atoms. The van der Waals surface area contributed by atoms with Crippen molar-refractivity contribution in [3.05, 3.63) is 77.9 Å². The van der Waals surface area contributed by atoms with Crippen LogP contribution in [0.3, 0.4) is 0 Å². The summed E-state index contributed by atoms with van der Waals surface area (Å²) in [6, 6.07) is 17.8. The zero-order valence-corrected chi connectivity index (χ0v) is 26.0. The van der Waals surface area contributed by atoms with E-state index in [2.05, 4.69) is 0 Å². The van der Waals surface area contributed by atoms with Crippen molar-refractivity contribution in [2.24, 2.45) is 17.3 Å². The Bertz CT molecular complexity index is 1430. The lowest BCUT2D eigenvalue weighted by molar-refractivity contribution is -0.298. The highest BCUT2D eigenvalue weighted by molar-refractivity contribution is 5.90.